The Hall–Kier alpha value is -0.666. The van der Waals surface area contributed by atoms with Crippen molar-refractivity contribution >= 4 is 28.6 Å². The lowest BCUT2D eigenvalue weighted by Gasteiger charge is -2.18. The van der Waals surface area contributed by atoms with Crippen LogP contribution in [0.15, 0.2) is 0 Å². The van der Waals surface area contributed by atoms with E-state index < -0.39 is 28.6 Å². The quantitative estimate of drug-likeness (QED) is 0.547. The van der Waals surface area contributed by atoms with Gasteiger partial charge in [0, 0.05) is 0 Å². The molecule has 17 heavy (non-hydrogen) atoms. The molecular formula is C10H22O5Si2. The van der Waals surface area contributed by atoms with Crippen LogP contribution in [0.3, 0.4) is 0 Å². The van der Waals surface area contributed by atoms with Crippen LogP contribution in [0.4, 0.5) is 0 Å². The van der Waals surface area contributed by atoms with Crippen LogP contribution in [-0.2, 0) is 23.2 Å². The van der Waals surface area contributed by atoms with Crippen LogP contribution in [0.25, 0.3) is 0 Å². The summed E-state index contributed by atoms with van der Waals surface area (Å²) < 4.78 is 15.2. The van der Waals surface area contributed by atoms with E-state index in [0.29, 0.717) is 0 Å². The van der Waals surface area contributed by atoms with Crippen LogP contribution >= 0.6 is 0 Å². The monoisotopic (exact) mass is 278 g/mol. The van der Waals surface area contributed by atoms with E-state index in [1.165, 1.54) is 0 Å². The van der Waals surface area contributed by atoms with Crippen LogP contribution in [0, 0.1) is 0 Å². The van der Waals surface area contributed by atoms with Gasteiger partial charge in [0.2, 0.25) is 8.32 Å². The first-order valence-electron chi connectivity index (χ1n) is 5.51. The zero-order valence-corrected chi connectivity index (χ0v) is 13.5. The molecule has 0 radical (unpaired) electrons. The minimum atomic E-state index is -1.91. The molecule has 5 nitrogen and oxygen atoms in total. The Balaban J connectivity index is 3.82. The van der Waals surface area contributed by atoms with Crippen LogP contribution in [0.1, 0.15) is 0 Å². The molecule has 0 aromatic rings. The number of hydrogen-bond donors (Lipinski definition) is 0. The molecule has 0 unspecified atom stereocenters. The molecule has 7 heteroatoms. The van der Waals surface area contributed by atoms with Gasteiger partial charge in [0.05, 0.1) is 0 Å². The standard InChI is InChI=1S/C10H22O5Si2/c1-16(2,3)14-8-9(11)13-7-10(12)15-17(4,5)6/h7-8H2,1-6H3. The average Bonchev–Trinajstić information content (AvgIpc) is 2.07. The van der Waals surface area contributed by atoms with Crippen LogP contribution in [-0.4, -0.2) is 41.8 Å². The van der Waals surface area contributed by atoms with Crippen LogP contribution < -0.4 is 0 Å². The van der Waals surface area contributed by atoms with Gasteiger partial charge in [0.25, 0.3) is 0 Å². The fraction of sp³-hybridized carbons (Fsp3) is 0.800. The first kappa shape index (κ1) is 16.3. The first-order chi connectivity index (χ1) is 7.49. The van der Waals surface area contributed by atoms with Crippen molar-refractivity contribution in [3.63, 3.8) is 0 Å². The normalized spacial score (nSPS) is 12.1. The van der Waals surface area contributed by atoms with Crippen molar-refractivity contribution in [2.75, 3.05) is 13.2 Å². The lowest BCUT2D eigenvalue weighted by atomic mass is 10.7. The number of carbonyl (C=O) groups excluding carboxylic acids is 2. The van der Waals surface area contributed by atoms with Gasteiger partial charge in [0.15, 0.2) is 14.9 Å². The maximum atomic E-state index is 11.3. The Bertz CT molecular complexity index is 277. The summed E-state index contributed by atoms with van der Waals surface area (Å²) in [6.07, 6.45) is 0. The highest BCUT2D eigenvalue weighted by molar-refractivity contribution is 6.71. The smallest absolute Gasteiger partial charge is 0.331 e. The third-order valence-corrected chi connectivity index (χ3v) is 3.24. The van der Waals surface area contributed by atoms with Gasteiger partial charge in [-0.3, -0.25) is 0 Å². The van der Waals surface area contributed by atoms with Crippen molar-refractivity contribution in [2.45, 2.75) is 39.3 Å². The minimum absolute atomic E-state index is 0.101. The van der Waals surface area contributed by atoms with E-state index in [-0.39, 0.29) is 13.2 Å². The maximum absolute atomic E-state index is 11.3. The zero-order chi connectivity index (χ0) is 13.7. The summed E-state index contributed by atoms with van der Waals surface area (Å²) in [5.74, 6) is -1.02. The molecule has 0 fully saturated rings. The van der Waals surface area contributed by atoms with Gasteiger partial charge in [0.1, 0.15) is 6.61 Å². The van der Waals surface area contributed by atoms with Crippen LogP contribution in [0.2, 0.25) is 39.3 Å². The summed E-state index contributed by atoms with van der Waals surface area (Å²) in [6, 6.07) is 0. The second-order valence-electron chi connectivity index (χ2n) is 5.65. The summed E-state index contributed by atoms with van der Waals surface area (Å²) in [6.45, 7) is 11.1. The van der Waals surface area contributed by atoms with E-state index in [0.717, 1.165) is 0 Å². The predicted octanol–water partition coefficient (Wildman–Crippen LogP) is 1.76. The molecule has 0 heterocycles. The molecular weight excluding hydrogens is 256 g/mol. The molecule has 0 aliphatic heterocycles. The second kappa shape index (κ2) is 6.32. The number of ether oxygens (including phenoxy) is 1. The molecule has 100 valence electrons. The minimum Gasteiger partial charge on any atom is -0.517 e. The molecule has 0 aliphatic carbocycles. The van der Waals surface area contributed by atoms with E-state index >= 15 is 0 Å². The fourth-order valence-electron chi connectivity index (χ4n) is 0.827. The number of rotatable bonds is 6. The Morgan fingerprint density at radius 3 is 1.76 bits per heavy atom. The largest absolute Gasteiger partial charge is 0.517 e. The topological polar surface area (TPSA) is 61.8 Å². The van der Waals surface area contributed by atoms with Crippen molar-refractivity contribution in [1.82, 2.24) is 0 Å². The van der Waals surface area contributed by atoms with Gasteiger partial charge >= 0.3 is 11.9 Å². The predicted molar refractivity (Wildman–Crippen MR) is 69.7 cm³/mol. The summed E-state index contributed by atoms with van der Waals surface area (Å²) in [5, 5.41) is 0. The highest BCUT2D eigenvalue weighted by Gasteiger charge is 2.21. The van der Waals surface area contributed by atoms with Gasteiger partial charge in [-0.2, -0.15) is 0 Å². The Morgan fingerprint density at radius 1 is 0.824 bits per heavy atom. The van der Waals surface area contributed by atoms with Crippen molar-refractivity contribution in [3.05, 3.63) is 0 Å². The van der Waals surface area contributed by atoms with E-state index in [4.69, 9.17) is 13.6 Å². The van der Waals surface area contributed by atoms with Gasteiger partial charge < -0.3 is 13.6 Å². The highest BCUT2D eigenvalue weighted by Crippen LogP contribution is 2.04. The molecule has 0 aromatic heterocycles. The van der Waals surface area contributed by atoms with Gasteiger partial charge in [-0.25, -0.2) is 9.59 Å². The lowest BCUT2D eigenvalue weighted by molar-refractivity contribution is -0.155. The Labute approximate surface area is 105 Å². The molecule has 0 spiro atoms. The third kappa shape index (κ3) is 11.6. The molecule has 0 bridgehead atoms. The Morgan fingerprint density at radius 2 is 1.35 bits per heavy atom. The molecule has 0 atom stereocenters. The van der Waals surface area contributed by atoms with Crippen molar-refractivity contribution in [1.29, 1.82) is 0 Å². The molecule has 0 aliphatic rings. The van der Waals surface area contributed by atoms with Crippen molar-refractivity contribution < 1.29 is 23.2 Å². The lowest BCUT2D eigenvalue weighted by Crippen LogP contribution is -2.33. The molecule has 0 rings (SSSR count). The van der Waals surface area contributed by atoms with Gasteiger partial charge in [-0.15, -0.1) is 0 Å². The summed E-state index contributed by atoms with van der Waals surface area (Å²) in [7, 11) is -3.63. The van der Waals surface area contributed by atoms with Crippen LogP contribution in [0.5, 0.6) is 0 Å². The summed E-state index contributed by atoms with van der Waals surface area (Å²) in [4.78, 5) is 22.5. The Kier molecular flexibility index (Phi) is 6.07. The first-order valence-corrected chi connectivity index (χ1v) is 12.3. The van der Waals surface area contributed by atoms with Gasteiger partial charge in [-0.1, -0.05) is 0 Å². The molecule has 0 saturated carbocycles. The SMILES string of the molecule is C[Si](C)(C)OCC(=O)OCC(=O)O[Si](C)(C)C. The van der Waals surface area contributed by atoms with Gasteiger partial charge in [-0.05, 0) is 39.3 Å². The van der Waals surface area contributed by atoms with Crippen molar-refractivity contribution in [2.24, 2.45) is 0 Å². The number of carbonyl (C=O) groups is 2. The molecule has 0 aromatic carbocycles. The van der Waals surface area contributed by atoms with Crippen molar-refractivity contribution in [3.8, 4) is 0 Å². The molecule has 0 saturated heterocycles. The average molecular weight is 278 g/mol. The third-order valence-electron chi connectivity index (χ3n) is 1.39. The van der Waals surface area contributed by atoms with E-state index in [1.54, 1.807) is 0 Å². The zero-order valence-electron chi connectivity index (χ0n) is 11.5. The van der Waals surface area contributed by atoms with E-state index in [9.17, 15) is 9.59 Å². The van der Waals surface area contributed by atoms with E-state index in [2.05, 4.69) is 0 Å². The maximum Gasteiger partial charge on any atom is 0.331 e. The van der Waals surface area contributed by atoms with E-state index in [1.807, 2.05) is 39.3 Å². The second-order valence-corrected chi connectivity index (χ2v) is 14.6. The summed E-state index contributed by atoms with van der Waals surface area (Å²) >= 11 is 0. The highest BCUT2D eigenvalue weighted by atomic mass is 28.4. The number of esters is 1. The fourth-order valence-corrected chi connectivity index (χ4v) is 2.12. The number of hydrogen-bond acceptors (Lipinski definition) is 5. The summed E-state index contributed by atoms with van der Waals surface area (Å²) in [5.41, 5.74) is 0. The molecule has 0 N–H and O–H groups in total. The molecule has 0 amide bonds.